The van der Waals surface area contributed by atoms with Crippen molar-refractivity contribution in [3.63, 3.8) is 0 Å². The average molecular weight is 281 g/mol. The third-order valence-corrected chi connectivity index (χ3v) is 3.22. The summed E-state index contributed by atoms with van der Waals surface area (Å²) in [5.74, 6) is 1.02. The molecule has 3 heterocycles. The summed E-state index contributed by atoms with van der Waals surface area (Å²) >= 11 is 5.96. The standard InChI is InChI=1S/C10H14ClN5.C2H3N/c11-10-14-8-6-13-5-7(8)9(15-10)16-3-1-12-2-4-16;1-2-3/h12-13H,1-6H2;1H3. The van der Waals surface area contributed by atoms with E-state index in [4.69, 9.17) is 16.9 Å². The van der Waals surface area contributed by atoms with E-state index < -0.39 is 0 Å². The number of anilines is 1. The molecule has 0 atom stereocenters. The smallest absolute Gasteiger partial charge is 0.224 e. The molecule has 1 fully saturated rings. The molecule has 0 saturated carbocycles. The number of hydrogen-bond acceptors (Lipinski definition) is 6. The molecule has 3 rings (SSSR count). The van der Waals surface area contributed by atoms with Gasteiger partial charge in [-0.25, -0.2) is 9.97 Å². The number of fused-ring (bicyclic) bond motifs is 1. The lowest BCUT2D eigenvalue weighted by molar-refractivity contribution is 0.582. The highest BCUT2D eigenvalue weighted by Crippen LogP contribution is 2.26. The fourth-order valence-corrected chi connectivity index (χ4v) is 2.44. The largest absolute Gasteiger partial charge is 0.354 e. The van der Waals surface area contributed by atoms with E-state index in [1.807, 2.05) is 0 Å². The summed E-state index contributed by atoms with van der Waals surface area (Å²) in [6.07, 6.45) is 0. The van der Waals surface area contributed by atoms with Crippen LogP contribution in [-0.4, -0.2) is 36.1 Å². The zero-order chi connectivity index (χ0) is 13.7. The Balaban J connectivity index is 0.000000408. The van der Waals surface area contributed by atoms with Crippen molar-refractivity contribution in [3.8, 4) is 6.07 Å². The van der Waals surface area contributed by atoms with Crippen LogP contribution in [0.5, 0.6) is 0 Å². The highest BCUT2D eigenvalue weighted by atomic mass is 35.5. The fraction of sp³-hybridized carbons (Fsp3) is 0.583. The van der Waals surface area contributed by atoms with Gasteiger partial charge in [0.1, 0.15) is 5.82 Å². The number of aromatic nitrogens is 2. The van der Waals surface area contributed by atoms with Gasteiger partial charge >= 0.3 is 0 Å². The molecule has 2 aliphatic heterocycles. The lowest BCUT2D eigenvalue weighted by Crippen LogP contribution is -2.44. The predicted octanol–water partition coefficient (Wildman–Crippen LogP) is 0.673. The van der Waals surface area contributed by atoms with Gasteiger partial charge in [0.15, 0.2) is 0 Å². The topological polar surface area (TPSA) is 76.9 Å². The normalized spacial score (nSPS) is 17.2. The Kier molecular flexibility index (Phi) is 4.91. The Morgan fingerprint density at radius 2 is 1.89 bits per heavy atom. The zero-order valence-corrected chi connectivity index (χ0v) is 11.7. The van der Waals surface area contributed by atoms with E-state index in [1.54, 1.807) is 6.07 Å². The first-order valence-corrected chi connectivity index (χ1v) is 6.66. The number of nitriles is 1. The van der Waals surface area contributed by atoms with Crippen LogP contribution in [0.4, 0.5) is 5.82 Å². The van der Waals surface area contributed by atoms with E-state index in [0.717, 1.165) is 50.8 Å². The van der Waals surface area contributed by atoms with Crippen molar-refractivity contribution in [2.75, 3.05) is 31.1 Å². The van der Waals surface area contributed by atoms with Crippen molar-refractivity contribution in [2.45, 2.75) is 20.0 Å². The molecule has 2 N–H and O–H groups in total. The Hall–Kier alpha value is -1.42. The van der Waals surface area contributed by atoms with E-state index in [1.165, 1.54) is 12.5 Å². The van der Waals surface area contributed by atoms with E-state index in [0.29, 0.717) is 5.28 Å². The van der Waals surface area contributed by atoms with Crippen molar-refractivity contribution in [1.29, 1.82) is 5.26 Å². The van der Waals surface area contributed by atoms with Crippen LogP contribution in [0.1, 0.15) is 18.2 Å². The summed E-state index contributed by atoms with van der Waals surface area (Å²) in [5, 5.41) is 14.3. The number of nitrogens with one attached hydrogen (secondary N) is 2. The van der Waals surface area contributed by atoms with Gasteiger partial charge in [-0.1, -0.05) is 0 Å². The molecule has 0 unspecified atom stereocenters. The summed E-state index contributed by atoms with van der Waals surface area (Å²) in [5.41, 5.74) is 2.26. The highest BCUT2D eigenvalue weighted by molar-refractivity contribution is 6.28. The van der Waals surface area contributed by atoms with Gasteiger partial charge in [-0.2, -0.15) is 5.26 Å². The molecule has 1 saturated heterocycles. The molecule has 1 aromatic rings. The maximum absolute atomic E-state index is 7.32. The fourth-order valence-electron chi connectivity index (χ4n) is 2.26. The second kappa shape index (κ2) is 6.66. The average Bonchev–Trinajstić information content (AvgIpc) is 2.87. The molecular weight excluding hydrogens is 264 g/mol. The molecule has 19 heavy (non-hydrogen) atoms. The molecule has 1 aromatic heterocycles. The van der Waals surface area contributed by atoms with E-state index in [-0.39, 0.29) is 0 Å². The monoisotopic (exact) mass is 280 g/mol. The van der Waals surface area contributed by atoms with Crippen LogP contribution in [0.3, 0.4) is 0 Å². The second-order valence-electron chi connectivity index (χ2n) is 4.31. The summed E-state index contributed by atoms with van der Waals surface area (Å²) < 4.78 is 0. The van der Waals surface area contributed by atoms with Gasteiger partial charge in [-0.3, -0.25) is 0 Å². The quantitative estimate of drug-likeness (QED) is 0.737. The lowest BCUT2D eigenvalue weighted by atomic mass is 10.2. The third-order valence-electron chi connectivity index (χ3n) is 3.05. The zero-order valence-electron chi connectivity index (χ0n) is 10.9. The lowest BCUT2D eigenvalue weighted by Gasteiger charge is -2.29. The van der Waals surface area contributed by atoms with Crippen LogP contribution < -0.4 is 15.5 Å². The summed E-state index contributed by atoms with van der Waals surface area (Å²) in [4.78, 5) is 10.9. The van der Waals surface area contributed by atoms with E-state index >= 15 is 0 Å². The van der Waals surface area contributed by atoms with Gasteiger partial charge in [-0.15, -0.1) is 0 Å². The molecule has 2 aliphatic rings. The maximum atomic E-state index is 7.32. The first-order chi connectivity index (χ1) is 9.26. The first-order valence-electron chi connectivity index (χ1n) is 6.28. The molecule has 7 heteroatoms. The molecule has 102 valence electrons. The molecule has 0 amide bonds. The molecule has 0 radical (unpaired) electrons. The summed E-state index contributed by atoms with van der Waals surface area (Å²) in [7, 11) is 0. The van der Waals surface area contributed by atoms with Crippen molar-refractivity contribution < 1.29 is 0 Å². The summed E-state index contributed by atoms with van der Waals surface area (Å²) in [6, 6.07) is 1.75. The third kappa shape index (κ3) is 3.32. The maximum Gasteiger partial charge on any atom is 0.224 e. The SMILES string of the molecule is CC#N.Clc1nc2c(c(N3CCNCC3)n1)CNC2. The van der Waals surface area contributed by atoms with Gasteiger partial charge in [0.05, 0.1) is 11.8 Å². The van der Waals surface area contributed by atoms with Crippen LogP contribution in [0.2, 0.25) is 5.28 Å². The van der Waals surface area contributed by atoms with Gasteiger partial charge in [0.25, 0.3) is 0 Å². The van der Waals surface area contributed by atoms with E-state index in [9.17, 15) is 0 Å². The van der Waals surface area contributed by atoms with Crippen molar-refractivity contribution in [1.82, 2.24) is 20.6 Å². The molecular formula is C12H17ClN6. The predicted molar refractivity (Wildman–Crippen MR) is 74.0 cm³/mol. The minimum Gasteiger partial charge on any atom is -0.354 e. The number of halogens is 1. The first kappa shape index (κ1) is 14.0. The van der Waals surface area contributed by atoms with Crippen LogP contribution in [0.15, 0.2) is 0 Å². The van der Waals surface area contributed by atoms with Gasteiger partial charge in [0, 0.05) is 51.8 Å². The number of piperazine rings is 1. The van der Waals surface area contributed by atoms with Gasteiger partial charge in [-0.05, 0) is 11.6 Å². The number of hydrogen-bond donors (Lipinski definition) is 2. The molecule has 0 spiro atoms. The van der Waals surface area contributed by atoms with Crippen LogP contribution in [0, 0.1) is 11.3 Å². The Morgan fingerprint density at radius 1 is 1.21 bits per heavy atom. The molecule has 0 bridgehead atoms. The van der Waals surface area contributed by atoms with Crippen LogP contribution in [0.25, 0.3) is 0 Å². The number of nitrogens with zero attached hydrogens (tertiary/aromatic N) is 4. The Bertz CT molecular complexity index is 478. The van der Waals surface area contributed by atoms with Gasteiger partial charge in [0.2, 0.25) is 5.28 Å². The minimum absolute atomic E-state index is 0.357. The number of rotatable bonds is 1. The van der Waals surface area contributed by atoms with Crippen LogP contribution >= 0.6 is 11.6 Å². The van der Waals surface area contributed by atoms with Crippen molar-refractivity contribution in [2.24, 2.45) is 0 Å². The minimum atomic E-state index is 0.357. The molecule has 0 aliphatic carbocycles. The highest BCUT2D eigenvalue weighted by Gasteiger charge is 2.23. The van der Waals surface area contributed by atoms with Crippen molar-refractivity contribution >= 4 is 17.4 Å². The Morgan fingerprint density at radius 3 is 2.58 bits per heavy atom. The van der Waals surface area contributed by atoms with E-state index in [2.05, 4.69) is 25.5 Å². The summed E-state index contributed by atoms with van der Waals surface area (Å²) in [6.45, 7) is 7.07. The Labute approximate surface area is 117 Å². The second-order valence-corrected chi connectivity index (χ2v) is 4.64. The van der Waals surface area contributed by atoms with Crippen LogP contribution in [-0.2, 0) is 13.1 Å². The molecule has 0 aromatic carbocycles. The molecule has 6 nitrogen and oxygen atoms in total. The van der Waals surface area contributed by atoms with Crippen molar-refractivity contribution in [3.05, 3.63) is 16.5 Å². The van der Waals surface area contributed by atoms with Gasteiger partial charge < -0.3 is 15.5 Å².